The van der Waals surface area contributed by atoms with E-state index in [-0.39, 0.29) is 58.1 Å². The third-order valence-electron chi connectivity index (χ3n) is 18.6. The Bertz CT molecular complexity index is 3090. The predicted octanol–water partition coefficient (Wildman–Crippen LogP) is -1.18. The molecule has 9 amide bonds. The third-order valence-corrected chi connectivity index (χ3v) is 21.4. The number of Topliss-reactive ketones (excluding diaryl/α,β-unsaturated/α-hetero) is 2. The highest BCUT2D eigenvalue weighted by molar-refractivity contribution is 7.99. The molecule has 502 valence electrons. The van der Waals surface area contributed by atoms with Crippen molar-refractivity contribution in [3.63, 3.8) is 0 Å². The van der Waals surface area contributed by atoms with Gasteiger partial charge in [0.05, 0.1) is 79.5 Å². The van der Waals surface area contributed by atoms with E-state index < -0.39 is 193 Å². The summed E-state index contributed by atoms with van der Waals surface area (Å²) in [6, 6.07) is -3.64. The number of carbonyl (C=O) groups is 12. The van der Waals surface area contributed by atoms with Gasteiger partial charge in [-0.2, -0.15) is 11.8 Å². The summed E-state index contributed by atoms with van der Waals surface area (Å²) in [6.45, 7) is 4.99. The second-order valence-electron chi connectivity index (χ2n) is 25.0. The van der Waals surface area contributed by atoms with Gasteiger partial charge in [-0.15, -0.1) is 0 Å². The van der Waals surface area contributed by atoms with Crippen LogP contribution in [0.2, 0.25) is 0 Å². The number of benzene rings is 1. The molecule has 5 heterocycles. The SMILES string of the molecule is CC[C@H](C)[C@@H]1CC(=O)CNC(=O)[C@H]2CC(=O)[C@H]([C@@H](C)[C@@H](O)CO)NC(=O)[C@@H]3C[C@@H](O)CN3C(=O)[C@H](CC(N)=O)NC(=O)[C@H](CS(=O)c3[nH]c4c(CSC5CCN(C(=O)C6CCC(CNC(=O)CC(C)C(=O)O)CC6)CC5)c(OC)ccc4c3C2)NC(=O)CNC1=O. The van der Waals surface area contributed by atoms with Crippen LogP contribution in [0.5, 0.6) is 5.75 Å². The highest BCUT2D eigenvalue weighted by Gasteiger charge is 2.45. The summed E-state index contributed by atoms with van der Waals surface area (Å²) in [5.74, 6) is -14.7. The summed E-state index contributed by atoms with van der Waals surface area (Å²) in [5.41, 5.74) is 6.77. The fraction of sp³-hybridized carbons (Fsp3) is 0.672. The van der Waals surface area contributed by atoms with E-state index >= 15 is 9.00 Å². The summed E-state index contributed by atoms with van der Waals surface area (Å²) in [4.78, 5) is 172. The van der Waals surface area contributed by atoms with E-state index in [4.69, 9.17) is 15.6 Å². The van der Waals surface area contributed by atoms with Crippen LogP contribution in [0.25, 0.3) is 10.9 Å². The Labute approximate surface area is 534 Å². The van der Waals surface area contributed by atoms with Crippen molar-refractivity contribution in [1.29, 1.82) is 0 Å². The molecule has 4 aliphatic heterocycles. The lowest BCUT2D eigenvalue weighted by atomic mass is 9.81. The van der Waals surface area contributed by atoms with E-state index in [2.05, 4.69) is 36.9 Å². The number of carbonyl (C=O) groups excluding carboxylic acids is 11. The molecule has 30 heteroatoms. The Morgan fingerprint density at radius 1 is 0.879 bits per heavy atom. The second-order valence-corrected chi connectivity index (χ2v) is 27.7. The van der Waals surface area contributed by atoms with E-state index in [0.717, 1.165) is 17.7 Å². The summed E-state index contributed by atoms with van der Waals surface area (Å²) in [6.07, 6.45) is -1.42. The van der Waals surface area contributed by atoms with Crippen molar-refractivity contribution < 1.29 is 86.9 Å². The summed E-state index contributed by atoms with van der Waals surface area (Å²) in [5, 5.41) is 57.2. The van der Waals surface area contributed by atoms with Crippen molar-refractivity contribution in [2.75, 3.05) is 58.7 Å². The average Bonchev–Trinajstić information content (AvgIpc) is 1.65. The van der Waals surface area contributed by atoms with Gasteiger partial charge in [0.1, 0.15) is 28.9 Å². The maximum atomic E-state index is 15.5. The number of aliphatic hydroxyl groups excluding tert-OH is 3. The third kappa shape index (κ3) is 18.4. The number of H-pyrrole nitrogens is 1. The smallest absolute Gasteiger partial charge is 0.306 e. The molecule has 0 radical (unpaired) electrons. The molecule has 12 atom stereocenters. The number of hydrogen-bond acceptors (Lipinski definition) is 18. The van der Waals surface area contributed by atoms with Crippen LogP contribution in [-0.4, -0.2) is 210 Å². The average molecular weight is 1310 g/mol. The maximum Gasteiger partial charge on any atom is 0.306 e. The number of nitrogens with two attached hydrogens (primary N) is 1. The zero-order valence-corrected chi connectivity index (χ0v) is 53.7. The Morgan fingerprint density at radius 3 is 2.22 bits per heavy atom. The number of aliphatic hydroxyl groups is 3. The number of ether oxygens (including phenoxy) is 1. The molecule has 13 N–H and O–H groups in total. The highest BCUT2D eigenvalue weighted by Crippen LogP contribution is 2.40. The van der Waals surface area contributed by atoms with Gasteiger partial charge < -0.3 is 77.6 Å². The van der Waals surface area contributed by atoms with Crippen molar-refractivity contribution >= 4 is 104 Å². The fourth-order valence-electron chi connectivity index (χ4n) is 12.7. The molecule has 2 saturated heterocycles. The minimum absolute atomic E-state index is 0.0455. The number of carboxylic acid groups (broad SMARTS) is 1. The van der Waals surface area contributed by atoms with Gasteiger partial charge in [0.2, 0.25) is 53.2 Å². The minimum atomic E-state index is -2.42. The number of methoxy groups -OCH3 is 1. The lowest BCUT2D eigenvalue weighted by Crippen LogP contribution is -2.60. The van der Waals surface area contributed by atoms with Crippen molar-refractivity contribution in [1.82, 2.24) is 46.7 Å². The first-order chi connectivity index (χ1) is 43.2. The van der Waals surface area contributed by atoms with Crippen molar-refractivity contribution in [2.24, 2.45) is 47.2 Å². The van der Waals surface area contributed by atoms with Gasteiger partial charge in [-0.3, -0.25) is 61.7 Å². The van der Waals surface area contributed by atoms with E-state index in [0.29, 0.717) is 74.0 Å². The van der Waals surface area contributed by atoms with E-state index in [1.807, 2.05) is 4.90 Å². The topological polar surface area (TPSA) is 433 Å². The highest BCUT2D eigenvalue weighted by atomic mass is 32.2. The van der Waals surface area contributed by atoms with Crippen molar-refractivity contribution in [3.05, 3.63) is 23.3 Å². The number of aliphatic carboxylic acids is 1. The number of rotatable bonds is 17. The number of aromatic amines is 1. The van der Waals surface area contributed by atoms with Gasteiger partial charge in [-0.1, -0.05) is 34.1 Å². The molecule has 2 aromatic rings. The Morgan fingerprint density at radius 2 is 1.57 bits per heavy atom. The molecule has 1 aliphatic carbocycles. The van der Waals surface area contributed by atoms with Crippen LogP contribution in [-0.2, 0) is 80.5 Å². The molecule has 2 unspecified atom stereocenters. The lowest BCUT2D eigenvalue weighted by Gasteiger charge is -2.36. The molecule has 91 heavy (non-hydrogen) atoms. The van der Waals surface area contributed by atoms with E-state index in [1.54, 1.807) is 37.7 Å². The Kier molecular flexibility index (Phi) is 25.5. The Hall–Kier alpha value is -7.02. The monoisotopic (exact) mass is 1310 g/mol. The van der Waals surface area contributed by atoms with Gasteiger partial charge in [0.25, 0.3) is 0 Å². The van der Waals surface area contributed by atoms with Crippen LogP contribution >= 0.6 is 11.8 Å². The molecular weight excluding hydrogens is 1220 g/mol. The molecule has 1 saturated carbocycles. The summed E-state index contributed by atoms with van der Waals surface area (Å²) < 4.78 is 21.4. The standard InChI is InChI=1S/C61H88N10O18S2/c1-6-30(2)40-20-36(73)24-64-54(80)35-18-41-39-11-12-48(89-5)42(28-90-38-13-15-70(16-14-38)59(84)34-9-7-33(8-10-34)23-63-50(78)17-31(3)61(86)87)53(39)69-58(41)91(88)29-44(66-51(79)25-65-55(40)81)56(82)67-43(22-49(62)77)60(85)71-26-37(74)21-45(71)57(83)68-52(46(75)19-35)32(4)47(76)27-72/h11-12,30-35,37-38,40,43-45,47,52,69,72,74,76H,6-10,13-29H2,1-5H3,(H2,62,77)(H,63,78)(H,64,80)(H,65,81)(H,66,79)(H,67,82)(H,68,83)(H,86,87)/t30-,31?,32-,33?,34?,35+,37+,40-,43-,44-,45-,47-,52-,91?/m0/s1. The van der Waals surface area contributed by atoms with Gasteiger partial charge >= 0.3 is 5.97 Å². The zero-order chi connectivity index (χ0) is 66.5. The summed E-state index contributed by atoms with van der Waals surface area (Å²) >= 11 is 1.59. The molecular formula is C61H88N10O18S2. The van der Waals surface area contributed by atoms with Gasteiger partial charge in [-0.05, 0) is 74.5 Å². The van der Waals surface area contributed by atoms with Crippen molar-refractivity contribution in [3.8, 4) is 5.75 Å². The number of primary amides is 1. The molecule has 1 aromatic carbocycles. The lowest BCUT2D eigenvalue weighted by molar-refractivity contribution is -0.144. The fourth-order valence-corrected chi connectivity index (χ4v) is 15.3. The molecule has 3 fully saturated rings. The number of hydrogen-bond donors (Lipinski definition) is 12. The van der Waals surface area contributed by atoms with Gasteiger partial charge in [-0.25, -0.2) is 0 Å². The van der Waals surface area contributed by atoms with Gasteiger partial charge in [0.15, 0.2) is 11.6 Å². The van der Waals surface area contributed by atoms with Crippen LogP contribution in [0.15, 0.2) is 17.2 Å². The number of thioether (sulfide) groups is 1. The number of nitrogens with zero attached hydrogens (tertiary/aromatic N) is 2. The number of nitrogens with one attached hydrogen (secondary N) is 7. The van der Waals surface area contributed by atoms with Crippen LogP contribution in [0.3, 0.4) is 0 Å². The number of aromatic nitrogens is 1. The molecule has 1 aromatic heterocycles. The molecule has 28 nitrogen and oxygen atoms in total. The van der Waals surface area contributed by atoms with Crippen molar-refractivity contribution in [2.45, 2.75) is 164 Å². The molecule has 2 bridgehead atoms. The second kappa shape index (κ2) is 32.5. The quantitative estimate of drug-likeness (QED) is 0.0887. The number of fused-ring (bicyclic) bond motifs is 5. The number of carboxylic acids is 1. The number of ketones is 2. The van der Waals surface area contributed by atoms with Crippen LogP contribution in [0, 0.1) is 41.4 Å². The first-order valence-corrected chi connectivity index (χ1v) is 33.6. The largest absolute Gasteiger partial charge is 0.496 e. The number of likely N-dealkylation sites (tertiary alicyclic amines) is 1. The van der Waals surface area contributed by atoms with Crippen LogP contribution in [0.4, 0.5) is 0 Å². The molecule has 0 spiro atoms. The summed E-state index contributed by atoms with van der Waals surface area (Å²) in [7, 11) is -0.960. The minimum Gasteiger partial charge on any atom is -0.496 e. The normalized spacial score (nSPS) is 27.8. The number of amides is 9. The van der Waals surface area contributed by atoms with Gasteiger partial charge in [0, 0.05) is 97.5 Å². The first kappa shape index (κ1) is 71.4. The predicted molar refractivity (Wildman–Crippen MR) is 330 cm³/mol. The Balaban J connectivity index is 1.25. The maximum absolute atomic E-state index is 15.5. The van der Waals surface area contributed by atoms with Crippen LogP contribution in [0.1, 0.15) is 116 Å². The molecule has 5 aliphatic rings. The first-order valence-electron chi connectivity index (χ1n) is 31.3. The van der Waals surface area contributed by atoms with E-state index in [1.165, 1.54) is 21.0 Å². The van der Waals surface area contributed by atoms with E-state index in [9.17, 15) is 68.1 Å². The van der Waals surface area contributed by atoms with Crippen LogP contribution < -0.4 is 42.4 Å². The molecule has 7 rings (SSSR count). The number of piperidine rings is 1. The zero-order valence-electron chi connectivity index (χ0n) is 52.1.